The molecule has 0 amide bonds. The normalized spacial score (nSPS) is 10.7. The van der Waals surface area contributed by atoms with Gasteiger partial charge < -0.3 is 14.6 Å². The van der Waals surface area contributed by atoms with Gasteiger partial charge in [0.15, 0.2) is 5.43 Å². The molecule has 5 heteroatoms. The fourth-order valence-electron chi connectivity index (χ4n) is 1.80. The molecule has 0 aliphatic carbocycles. The summed E-state index contributed by atoms with van der Waals surface area (Å²) < 4.78 is 5.52. The average molecular weight is 255 g/mol. The monoisotopic (exact) mass is 255 g/mol. The van der Waals surface area contributed by atoms with Crippen molar-refractivity contribution in [1.29, 1.82) is 0 Å². The van der Waals surface area contributed by atoms with Crippen molar-refractivity contribution >= 4 is 11.1 Å². The number of phenols is 1. The van der Waals surface area contributed by atoms with Crippen LogP contribution >= 0.6 is 0 Å². The topological polar surface area (TPSA) is 83.6 Å². The summed E-state index contributed by atoms with van der Waals surface area (Å²) in [6.07, 6.45) is 1.21. The summed E-state index contributed by atoms with van der Waals surface area (Å²) in [5, 5.41) is 18.8. The second-order valence-electron chi connectivity index (χ2n) is 4.07. The molecule has 3 aromatic rings. The lowest BCUT2D eigenvalue weighted by atomic mass is 10.1. The standard InChI is InChI=1S/C14H9NO4/c16-9-3-1-8(2-4-9)13-6-12(18)11-5-10(17)7-15-14(11)19-13/h1-7,16-17H. The second kappa shape index (κ2) is 4.13. The van der Waals surface area contributed by atoms with E-state index in [4.69, 9.17) is 4.42 Å². The number of fused-ring (bicyclic) bond motifs is 1. The van der Waals surface area contributed by atoms with E-state index in [9.17, 15) is 15.0 Å². The smallest absolute Gasteiger partial charge is 0.230 e. The third-order valence-corrected chi connectivity index (χ3v) is 2.72. The predicted octanol–water partition coefficient (Wildman–Crippen LogP) is 2.27. The first kappa shape index (κ1) is 11.3. The van der Waals surface area contributed by atoms with E-state index in [0.29, 0.717) is 11.3 Å². The highest BCUT2D eigenvalue weighted by Gasteiger charge is 2.08. The molecule has 2 N–H and O–H groups in total. The maximum Gasteiger partial charge on any atom is 0.230 e. The minimum absolute atomic E-state index is 0.0859. The molecular weight excluding hydrogens is 246 g/mol. The van der Waals surface area contributed by atoms with Crippen molar-refractivity contribution < 1.29 is 14.6 Å². The van der Waals surface area contributed by atoms with Crippen LogP contribution in [0.4, 0.5) is 0 Å². The van der Waals surface area contributed by atoms with Gasteiger partial charge in [0.05, 0.1) is 11.6 Å². The number of benzene rings is 1. The second-order valence-corrected chi connectivity index (χ2v) is 4.07. The molecule has 2 aromatic heterocycles. The van der Waals surface area contributed by atoms with Gasteiger partial charge >= 0.3 is 0 Å². The quantitative estimate of drug-likeness (QED) is 0.696. The molecule has 2 heterocycles. The Morgan fingerprint density at radius 3 is 2.47 bits per heavy atom. The van der Waals surface area contributed by atoms with E-state index in [1.54, 1.807) is 12.1 Å². The molecule has 0 saturated carbocycles. The van der Waals surface area contributed by atoms with E-state index in [0.717, 1.165) is 0 Å². The van der Waals surface area contributed by atoms with E-state index in [2.05, 4.69) is 4.98 Å². The number of rotatable bonds is 1. The Morgan fingerprint density at radius 1 is 1.00 bits per heavy atom. The first-order valence-electron chi connectivity index (χ1n) is 5.56. The van der Waals surface area contributed by atoms with Gasteiger partial charge in [0.25, 0.3) is 0 Å². The van der Waals surface area contributed by atoms with Gasteiger partial charge in [-0.05, 0) is 30.3 Å². The van der Waals surface area contributed by atoms with Crippen LogP contribution in [-0.4, -0.2) is 15.2 Å². The van der Waals surface area contributed by atoms with Crippen molar-refractivity contribution in [3.63, 3.8) is 0 Å². The van der Waals surface area contributed by atoms with Crippen LogP contribution in [0, 0.1) is 0 Å². The molecule has 0 bridgehead atoms. The van der Waals surface area contributed by atoms with Crippen LogP contribution in [0.5, 0.6) is 11.5 Å². The van der Waals surface area contributed by atoms with Crippen molar-refractivity contribution in [2.75, 3.05) is 0 Å². The summed E-state index contributed by atoms with van der Waals surface area (Å²) in [7, 11) is 0. The Hall–Kier alpha value is -2.82. The molecule has 19 heavy (non-hydrogen) atoms. The molecule has 0 radical (unpaired) electrons. The number of aromatic nitrogens is 1. The Balaban J connectivity index is 2.24. The van der Waals surface area contributed by atoms with Gasteiger partial charge in [0.2, 0.25) is 5.71 Å². The number of hydrogen-bond donors (Lipinski definition) is 2. The molecule has 5 nitrogen and oxygen atoms in total. The van der Waals surface area contributed by atoms with Gasteiger partial charge in [0.1, 0.15) is 17.3 Å². The molecule has 0 unspecified atom stereocenters. The van der Waals surface area contributed by atoms with Crippen LogP contribution in [0.15, 0.2) is 51.8 Å². The maximum absolute atomic E-state index is 11.9. The summed E-state index contributed by atoms with van der Waals surface area (Å²) in [6.45, 7) is 0. The van der Waals surface area contributed by atoms with Crippen LogP contribution in [0.1, 0.15) is 0 Å². The minimum atomic E-state index is -0.285. The van der Waals surface area contributed by atoms with Crippen LogP contribution in [-0.2, 0) is 0 Å². The van der Waals surface area contributed by atoms with Gasteiger partial charge in [-0.15, -0.1) is 0 Å². The lowest BCUT2D eigenvalue weighted by molar-refractivity contribution is 0.472. The van der Waals surface area contributed by atoms with Crippen molar-refractivity contribution in [1.82, 2.24) is 4.98 Å². The molecule has 0 spiro atoms. The average Bonchev–Trinajstić information content (AvgIpc) is 2.40. The molecule has 0 atom stereocenters. The predicted molar refractivity (Wildman–Crippen MR) is 69.0 cm³/mol. The largest absolute Gasteiger partial charge is 0.508 e. The molecule has 0 saturated heterocycles. The number of phenolic OH excluding ortho intramolecular Hbond substituents is 1. The fourth-order valence-corrected chi connectivity index (χ4v) is 1.80. The van der Waals surface area contributed by atoms with Crippen molar-refractivity contribution in [3.8, 4) is 22.8 Å². The first-order chi connectivity index (χ1) is 9.13. The molecule has 0 aliphatic rings. The van der Waals surface area contributed by atoms with Gasteiger partial charge in [-0.25, -0.2) is 4.98 Å². The van der Waals surface area contributed by atoms with Gasteiger partial charge in [-0.3, -0.25) is 4.79 Å². The van der Waals surface area contributed by atoms with E-state index in [1.165, 1.54) is 30.5 Å². The van der Waals surface area contributed by atoms with Crippen LogP contribution < -0.4 is 5.43 Å². The molecular formula is C14H9NO4. The third-order valence-electron chi connectivity index (χ3n) is 2.72. The lowest BCUT2D eigenvalue weighted by Gasteiger charge is -2.03. The fraction of sp³-hybridized carbons (Fsp3) is 0. The Morgan fingerprint density at radius 2 is 1.74 bits per heavy atom. The summed E-state index contributed by atoms with van der Waals surface area (Å²) >= 11 is 0. The lowest BCUT2D eigenvalue weighted by Crippen LogP contribution is -2.01. The highest BCUT2D eigenvalue weighted by atomic mass is 16.3. The minimum Gasteiger partial charge on any atom is -0.508 e. The zero-order valence-corrected chi connectivity index (χ0v) is 9.70. The van der Waals surface area contributed by atoms with E-state index in [-0.39, 0.29) is 28.0 Å². The van der Waals surface area contributed by atoms with E-state index in [1.807, 2.05) is 0 Å². The molecule has 3 rings (SSSR count). The molecule has 0 fully saturated rings. The summed E-state index contributed by atoms with van der Waals surface area (Å²) in [6, 6.07) is 8.93. The van der Waals surface area contributed by atoms with Crippen LogP contribution in [0.25, 0.3) is 22.4 Å². The van der Waals surface area contributed by atoms with Gasteiger partial charge in [-0.1, -0.05) is 0 Å². The van der Waals surface area contributed by atoms with Crippen LogP contribution in [0.2, 0.25) is 0 Å². The molecule has 94 valence electrons. The number of aromatic hydroxyl groups is 2. The number of pyridine rings is 1. The number of nitrogens with zero attached hydrogens (tertiary/aromatic N) is 1. The van der Waals surface area contributed by atoms with Gasteiger partial charge in [0, 0.05) is 11.6 Å². The Kier molecular flexibility index (Phi) is 2.45. The maximum atomic E-state index is 11.9. The third kappa shape index (κ3) is 2.01. The Bertz CT molecular complexity index is 806. The van der Waals surface area contributed by atoms with Crippen molar-refractivity contribution in [2.45, 2.75) is 0 Å². The SMILES string of the molecule is O=c1cc(-c2ccc(O)cc2)oc2ncc(O)cc12. The molecule has 1 aromatic carbocycles. The highest BCUT2D eigenvalue weighted by Crippen LogP contribution is 2.24. The summed E-state index contributed by atoms with van der Waals surface area (Å²) in [4.78, 5) is 15.8. The van der Waals surface area contributed by atoms with E-state index >= 15 is 0 Å². The van der Waals surface area contributed by atoms with Crippen molar-refractivity contribution in [2.24, 2.45) is 0 Å². The van der Waals surface area contributed by atoms with Crippen molar-refractivity contribution in [3.05, 3.63) is 52.8 Å². The number of hydrogen-bond acceptors (Lipinski definition) is 5. The Labute approximate surface area is 107 Å². The van der Waals surface area contributed by atoms with Crippen LogP contribution in [0.3, 0.4) is 0 Å². The van der Waals surface area contributed by atoms with E-state index < -0.39 is 0 Å². The summed E-state index contributed by atoms with van der Waals surface area (Å²) in [5.41, 5.74) is 0.535. The zero-order valence-electron chi connectivity index (χ0n) is 9.70. The zero-order chi connectivity index (χ0) is 13.4. The summed E-state index contributed by atoms with van der Waals surface area (Å²) in [5.74, 6) is 0.405. The van der Waals surface area contributed by atoms with Gasteiger partial charge in [-0.2, -0.15) is 0 Å². The first-order valence-corrected chi connectivity index (χ1v) is 5.56. The highest BCUT2D eigenvalue weighted by molar-refractivity contribution is 5.76. The molecule has 0 aliphatic heterocycles.